The van der Waals surface area contributed by atoms with Crippen LogP contribution in [0.1, 0.15) is 47.6 Å². The molecule has 170 valence electrons. The molecule has 1 N–H and O–H groups in total. The van der Waals surface area contributed by atoms with Crippen molar-refractivity contribution in [2.45, 2.75) is 32.2 Å². The summed E-state index contributed by atoms with van der Waals surface area (Å²) < 4.78 is 0. The number of rotatable bonds is 5. The summed E-state index contributed by atoms with van der Waals surface area (Å²) in [6, 6.07) is 18.2. The highest BCUT2D eigenvalue weighted by Gasteiger charge is 2.44. The molecular weight excluding hydrogens is 432 g/mol. The fourth-order valence-electron chi connectivity index (χ4n) is 4.04. The Kier molecular flexibility index (Phi) is 5.89. The summed E-state index contributed by atoms with van der Waals surface area (Å²) in [4.78, 5) is 30.7. The summed E-state index contributed by atoms with van der Waals surface area (Å²) in [5.41, 5.74) is 3.61. The van der Waals surface area contributed by atoms with Gasteiger partial charge in [-0.25, -0.2) is 0 Å². The molecule has 2 aromatic carbocycles. The molecule has 0 fully saturated rings. The van der Waals surface area contributed by atoms with E-state index in [1.807, 2.05) is 72.9 Å². The Bertz CT molecular complexity index is 1200. The van der Waals surface area contributed by atoms with Crippen LogP contribution < -0.4 is 9.80 Å². The van der Waals surface area contributed by atoms with Gasteiger partial charge >= 0.3 is 0 Å². The first kappa shape index (κ1) is 22.8. The molecule has 0 saturated carbocycles. The lowest BCUT2D eigenvalue weighted by atomic mass is 9.87. The van der Waals surface area contributed by atoms with Crippen LogP contribution in [0.4, 0.5) is 11.4 Å². The Morgan fingerprint density at radius 2 is 1.64 bits per heavy atom. The lowest BCUT2D eigenvalue weighted by Crippen LogP contribution is -2.31. The zero-order valence-electron chi connectivity index (χ0n) is 19.5. The number of thiophene rings is 1. The molecule has 0 aliphatic carbocycles. The minimum Gasteiger partial charge on any atom is -0.503 e. The van der Waals surface area contributed by atoms with Gasteiger partial charge in [0, 0.05) is 25.5 Å². The third-order valence-corrected chi connectivity index (χ3v) is 6.80. The molecule has 0 bridgehead atoms. The number of Topliss-reactive ketones (excluding diaryl/α,β-unsaturated/α-hetero) is 1. The number of amides is 1. The summed E-state index contributed by atoms with van der Waals surface area (Å²) in [5.74, 6) is -1.39. The van der Waals surface area contributed by atoms with Gasteiger partial charge in [-0.3, -0.25) is 14.5 Å². The molecule has 1 atom stereocenters. The van der Waals surface area contributed by atoms with Crippen LogP contribution in [0.2, 0.25) is 0 Å². The molecule has 0 radical (unpaired) electrons. The Hall–Kier alpha value is -3.38. The van der Waals surface area contributed by atoms with Crippen LogP contribution in [0.5, 0.6) is 0 Å². The van der Waals surface area contributed by atoms with Crippen LogP contribution in [0.25, 0.3) is 0 Å². The van der Waals surface area contributed by atoms with Gasteiger partial charge in [-0.2, -0.15) is 0 Å². The number of nitrogens with zero attached hydrogens (tertiary/aromatic N) is 2. The fraction of sp³-hybridized carbons (Fsp3) is 0.259. The summed E-state index contributed by atoms with van der Waals surface area (Å²) >= 11 is 1.30. The second-order valence-corrected chi connectivity index (χ2v) is 10.4. The van der Waals surface area contributed by atoms with E-state index in [4.69, 9.17) is 0 Å². The van der Waals surface area contributed by atoms with Crippen LogP contribution >= 0.6 is 11.3 Å². The van der Waals surface area contributed by atoms with Crippen LogP contribution in [0, 0.1) is 0 Å². The van der Waals surface area contributed by atoms with Crippen molar-refractivity contribution >= 4 is 34.4 Å². The van der Waals surface area contributed by atoms with E-state index in [2.05, 4.69) is 20.8 Å². The first-order valence-corrected chi connectivity index (χ1v) is 11.7. The van der Waals surface area contributed by atoms with Crippen molar-refractivity contribution in [2.75, 3.05) is 23.9 Å². The molecule has 1 aliphatic rings. The van der Waals surface area contributed by atoms with Crippen molar-refractivity contribution < 1.29 is 14.7 Å². The van der Waals surface area contributed by atoms with Crippen molar-refractivity contribution in [2.24, 2.45) is 0 Å². The van der Waals surface area contributed by atoms with Gasteiger partial charge in [0.2, 0.25) is 5.78 Å². The van der Waals surface area contributed by atoms with Crippen molar-refractivity contribution in [1.82, 2.24) is 0 Å². The number of aliphatic hydroxyl groups excluding tert-OH is 1. The number of aliphatic hydroxyl groups is 1. The molecule has 1 aliphatic heterocycles. The average molecular weight is 461 g/mol. The smallest absolute Gasteiger partial charge is 0.294 e. The van der Waals surface area contributed by atoms with E-state index in [1.165, 1.54) is 16.2 Å². The van der Waals surface area contributed by atoms with E-state index in [1.54, 1.807) is 12.1 Å². The molecule has 1 aromatic heterocycles. The molecule has 6 heteroatoms. The quantitative estimate of drug-likeness (QED) is 0.482. The van der Waals surface area contributed by atoms with Gasteiger partial charge in [0.1, 0.15) is 0 Å². The molecule has 1 unspecified atom stereocenters. The lowest BCUT2D eigenvalue weighted by molar-refractivity contribution is -0.117. The van der Waals surface area contributed by atoms with Gasteiger partial charge < -0.3 is 10.0 Å². The Morgan fingerprint density at radius 1 is 1.00 bits per heavy atom. The fourth-order valence-corrected chi connectivity index (χ4v) is 4.71. The van der Waals surface area contributed by atoms with Gasteiger partial charge in [0.15, 0.2) is 5.76 Å². The summed E-state index contributed by atoms with van der Waals surface area (Å²) in [7, 11) is 3.91. The maximum Gasteiger partial charge on any atom is 0.294 e. The van der Waals surface area contributed by atoms with E-state index in [0.717, 1.165) is 16.8 Å². The van der Waals surface area contributed by atoms with E-state index in [9.17, 15) is 14.7 Å². The van der Waals surface area contributed by atoms with Gasteiger partial charge in [-0.1, -0.05) is 51.1 Å². The zero-order chi connectivity index (χ0) is 23.9. The minimum absolute atomic E-state index is 0.0321. The molecule has 3 aromatic rings. The van der Waals surface area contributed by atoms with Crippen molar-refractivity contribution in [1.29, 1.82) is 0 Å². The second kappa shape index (κ2) is 8.52. The number of anilines is 2. The molecule has 0 spiro atoms. The van der Waals surface area contributed by atoms with Crippen LogP contribution in [0.15, 0.2) is 77.4 Å². The normalized spacial score (nSPS) is 16.5. The first-order valence-electron chi connectivity index (χ1n) is 10.8. The largest absolute Gasteiger partial charge is 0.503 e. The molecule has 0 saturated heterocycles. The van der Waals surface area contributed by atoms with Crippen LogP contribution in [-0.2, 0) is 10.2 Å². The highest BCUT2D eigenvalue weighted by molar-refractivity contribution is 7.12. The third kappa shape index (κ3) is 4.18. The first-order chi connectivity index (χ1) is 15.6. The maximum atomic E-state index is 13.4. The topological polar surface area (TPSA) is 60.9 Å². The molecule has 5 nitrogen and oxygen atoms in total. The Labute approximate surface area is 198 Å². The minimum atomic E-state index is -0.719. The third-order valence-electron chi connectivity index (χ3n) is 5.93. The molecule has 33 heavy (non-hydrogen) atoms. The van der Waals surface area contributed by atoms with Crippen molar-refractivity contribution in [3.63, 3.8) is 0 Å². The predicted molar refractivity (Wildman–Crippen MR) is 134 cm³/mol. The molecular formula is C27H28N2O3S. The number of ketones is 1. The highest BCUT2D eigenvalue weighted by Crippen LogP contribution is 2.43. The SMILES string of the molecule is CN(C)c1ccc(C2C(C(=O)c3cccs3)=C(O)C(=O)N2c2ccc(C(C)(C)C)cc2)cc1. The van der Waals surface area contributed by atoms with E-state index < -0.39 is 17.7 Å². The number of hydrogen-bond donors (Lipinski definition) is 1. The number of hydrogen-bond acceptors (Lipinski definition) is 5. The van der Waals surface area contributed by atoms with Crippen LogP contribution in [-0.4, -0.2) is 30.9 Å². The average Bonchev–Trinajstić information content (AvgIpc) is 3.40. The highest BCUT2D eigenvalue weighted by atomic mass is 32.1. The standard InChI is InChI=1S/C27H28N2O3S/c1-27(2,3)18-10-14-20(15-11-18)29-23(17-8-12-19(13-9-17)28(4)5)22(25(31)26(29)32)24(30)21-7-6-16-33-21/h6-16,23,31H,1-5H3. The Morgan fingerprint density at radius 3 is 2.15 bits per heavy atom. The number of carbonyl (C=O) groups excluding carboxylic acids is 2. The van der Waals surface area contributed by atoms with E-state index >= 15 is 0 Å². The maximum absolute atomic E-state index is 13.4. The van der Waals surface area contributed by atoms with E-state index in [0.29, 0.717) is 10.6 Å². The zero-order valence-corrected chi connectivity index (χ0v) is 20.3. The number of benzene rings is 2. The van der Waals surface area contributed by atoms with Gasteiger partial charge in [0.25, 0.3) is 5.91 Å². The molecule has 2 heterocycles. The van der Waals surface area contributed by atoms with Crippen LogP contribution in [0.3, 0.4) is 0 Å². The summed E-state index contributed by atoms with van der Waals surface area (Å²) in [5, 5.41) is 12.7. The number of carbonyl (C=O) groups is 2. The summed E-state index contributed by atoms with van der Waals surface area (Å²) in [6.45, 7) is 6.38. The van der Waals surface area contributed by atoms with Gasteiger partial charge in [0.05, 0.1) is 16.5 Å². The molecule has 1 amide bonds. The van der Waals surface area contributed by atoms with Gasteiger partial charge in [-0.05, 0) is 52.3 Å². The summed E-state index contributed by atoms with van der Waals surface area (Å²) in [6.07, 6.45) is 0. The van der Waals surface area contributed by atoms with E-state index in [-0.39, 0.29) is 16.8 Å². The predicted octanol–water partition coefficient (Wildman–Crippen LogP) is 5.89. The van der Waals surface area contributed by atoms with Gasteiger partial charge in [-0.15, -0.1) is 11.3 Å². The monoisotopic (exact) mass is 460 g/mol. The molecule has 4 rings (SSSR count). The van der Waals surface area contributed by atoms with Crippen molar-refractivity contribution in [3.8, 4) is 0 Å². The Balaban J connectivity index is 1.83. The van der Waals surface area contributed by atoms with Crippen molar-refractivity contribution in [3.05, 3.63) is 93.4 Å². The lowest BCUT2D eigenvalue weighted by Gasteiger charge is -2.28. The second-order valence-electron chi connectivity index (χ2n) is 9.43.